The highest BCUT2D eigenvalue weighted by molar-refractivity contribution is 6.30. The number of halogens is 2. The van der Waals surface area contributed by atoms with E-state index < -0.39 is 0 Å². The molecule has 1 heterocycles. The fourth-order valence-corrected chi connectivity index (χ4v) is 3.73. The maximum Gasteiger partial charge on any atom is 0.241 e. The average Bonchev–Trinajstić information content (AvgIpc) is 2.86. The lowest BCUT2D eigenvalue weighted by molar-refractivity contribution is -0.117. The van der Waals surface area contributed by atoms with E-state index in [-0.39, 0.29) is 24.4 Å². The van der Waals surface area contributed by atoms with Crippen molar-refractivity contribution in [3.05, 3.63) is 28.8 Å². The number of amides is 1. The van der Waals surface area contributed by atoms with Crippen molar-refractivity contribution in [2.75, 3.05) is 5.32 Å². The lowest BCUT2D eigenvalue weighted by Gasteiger charge is -2.24. The van der Waals surface area contributed by atoms with Crippen molar-refractivity contribution in [1.29, 1.82) is 0 Å². The molecule has 0 spiro atoms. The van der Waals surface area contributed by atoms with Gasteiger partial charge in [0.25, 0.3) is 0 Å². The van der Waals surface area contributed by atoms with Crippen LogP contribution in [0.15, 0.2) is 18.2 Å². The van der Waals surface area contributed by atoms with E-state index in [1.807, 2.05) is 25.1 Å². The van der Waals surface area contributed by atoms with Crippen molar-refractivity contribution in [2.24, 2.45) is 5.92 Å². The van der Waals surface area contributed by atoms with E-state index in [0.717, 1.165) is 17.7 Å². The summed E-state index contributed by atoms with van der Waals surface area (Å²) in [4.78, 5) is 12.4. The Labute approximate surface area is 137 Å². The van der Waals surface area contributed by atoms with Crippen molar-refractivity contribution in [1.82, 2.24) is 5.32 Å². The number of carbonyl (C=O) groups excluding carboxylic acids is 1. The summed E-state index contributed by atoms with van der Waals surface area (Å²) >= 11 is 5.94. The Hall–Kier alpha value is -0.770. The zero-order valence-electron chi connectivity index (χ0n) is 12.2. The molecular formula is C16H22Cl2N2O. The molecule has 3 rings (SSSR count). The van der Waals surface area contributed by atoms with Crippen LogP contribution in [0.4, 0.5) is 5.69 Å². The first kappa shape index (κ1) is 16.6. The average molecular weight is 329 g/mol. The minimum Gasteiger partial charge on any atom is -0.324 e. The minimum atomic E-state index is -0.0434. The molecule has 1 aromatic carbocycles. The van der Waals surface area contributed by atoms with Gasteiger partial charge in [0.2, 0.25) is 5.91 Å². The minimum absolute atomic E-state index is 0. The summed E-state index contributed by atoms with van der Waals surface area (Å²) in [6.07, 6.45) is 6.06. The van der Waals surface area contributed by atoms with Gasteiger partial charge >= 0.3 is 0 Å². The van der Waals surface area contributed by atoms with Crippen LogP contribution < -0.4 is 10.6 Å². The van der Waals surface area contributed by atoms with E-state index in [4.69, 9.17) is 11.6 Å². The number of hydrogen-bond donors (Lipinski definition) is 2. The number of aryl methyl sites for hydroxylation is 1. The number of fused-ring (bicyclic) bond motifs is 1. The molecule has 3 nitrogen and oxygen atoms in total. The normalized spacial score (nSPS) is 27.6. The molecular weight excluding hydrogens is 307 g/mol. The molecule has 1 saturated carbocycles. The fourth-order valence-electron chi connectivity index (χ4n) is 3.51. The third-order valence-corrected chi connectivity index (χ3v) is 4.86. The number of hydrogen-bond acceptors (Lipinski definition) is 2. The van der Waals surface area contributed by atoms with Gasteiger partial charge in [-0.1, -0.05) is 24.4 Å². The van der Waals surface area contributed by atoms with E-state index in [9.17, 15) is 4.79 Å². The van der Waals surface area contributed by atoms with Gasteiger partial charge in [-0.15, -0.1) is 12.4 Å². The highest BCUT2D eigenvalue weighted by Gasteiger charge is 2.38. The summed E-state index contributed by atoms with van der Waals surface area (Å²) in [7, 11) is 0. The largest absolute Gasteiger partial charge is 0.324 e. The van der Waals surface area contributed by atoms with Crippen molar-refractivity contribution in [3.63, 3.8) is 0 Å². The van der Waals surface area contributed by atoms with E-state index in [0.29, 0.717) is 17.0 Å². The molecule has 2 aliphatic rings. The Morgan fingerprint density at radius 1 is 1.33 bits per heavy atom. The molecule has 3 atom stereocenters. The Morgan fingerprint density at radius 3 is 2.81 bits per heavy atom. The standard InChI is InChI=1S/C16H21ClN2O.ClH/c1-10-8-12(17)6-7-13(10)19-16(20)15-9-11-4-2-3-5-14(11)18-15;/h6-8,11,14-15,18H,2-5,9H2,1H3,(H,19,20);1H. The van der Waals surface area contributed by atoms with Gasteiger partial charge in [-0.05, 0) is 55.9 Å². The number of benzene rings is 1. The van der Waals surface area contributed by atoms with Crippen molar-refractivity contribution < 1.29 is 4.79 Å². The fraction of sp³-hybridized carbons (Fsp3) is 0.562. The van der Waals surface area contributed by atoms with E-state index in [2.05, 4.69) is 10.6 Å². The molecule has 2 fully saturated rings. The maximum atomic E-state index is 12.4. The second-order valence-corrected chi connectivity index (χ2v) is 6.49. The Balaban J connectivity index is 0.00000161. The van der Waals surface area contributed by atoms with Crippen LogP contribution in [0, 0.1) is 12.8 Å². The molecule has 2 N–H and O–H groups in total. The van der Waals surface area contributed by atoms with Crippen LogP contribution >= 0.6 is 24.0 Å². The van der Waals surface area contributed by atoms with Crippen LogP contribution in [0.5, 0.6) is 0 Å². The number of carbonyl (C=O) groups is 1. The summed E-state index contributed by atoms with van der Waals surface area (Å²) in [5.74, 6) is 0.774. The number of rotatable bonds is 2. The summed E-state index contributed by atoms with van der Waals surface area (Å²) < 4.78 is 0. The number of nitrogens with one attached hydrogen (secondary N) is 2. The van der Waals surface area contributed by atoms with Gasteiger partial charge < -0.3 is 10.6 Å². The quantitative estimate of drug-likeness (QED) is 0.863. The van der Waals surface area contributed by atoms with Gasteiger partial charge in [-0.2, -0.15) is 0 Å². The predicted molar refractivity (Wildman–Crippen MR) is 89.4 cm³/mol. The van der Waals surface area contributed by atoms with Gasteiger partial charge in [-0.25, -0.2) is 0 Å². The van der Waals surface area contributed by atoms with Gasteiger partial charge in [0.1, 0.15) is 0 Å². The van der Waals surface area contributed by atoms with Gasteiger partial charge in [0.15, 0.2) is 0 Å². The first-order valence-corrected chi connectivity index (χ1v) is 7.84. The zero-order valence-corrected chi connectivity index (χ0v) is 13.8. The van der Waals surface area contributed by atoms with Crippen LogP contribution in [-0.2, 0) is 4.79 Å². The number of anilines is 1. The molecule has 1 aliphatic carbocycles. The summed E-state index contributed by atoms with van der Waals surface area (Å²) in [5, 5.41) is 7.23. The van der Waals surface area contributed by atoms with Crippen LogP contribution in [0.1, 0.15) is 37.7 Å². The van der Waals surface area contributed by atoms with E-state index in [1.54, 1.807) is 0 Å². The Kier molecular flexibility index (Phi) is 5.53. The highest BCUT2D eigenvalue weighted by Crippen LogP contribution is 2.33. The summed E-state index contributed by atoms with van der Waals surface area (Å²) in [6.45, 7) is 1.96. The summed E-state index contributed by atoms with van der Waals surface area (Å²) in [6, 6.07) is 6.06. The molecule has 1 saturated heterocycles. The van der Waals surface area contributed by atoms with E-state index >= 15 is 0 Å². The molecule has 1 aliphatic heterocycles. The molecule has 0 aromatic heterocycles. The smallest absolute Gasteiger partial charge is 0.241 e. The first-order valence-electron chi connectivity index (χ1n) is 7.46. The first-order chi connectivity index (χ1) is 9.63. The third-order valence-electron chi connectivity index (χ3n) is 4.63. The van der Waals surface area contributed by atoms with Crippen LogP contribution in [0.2, 0.25) is 5.02 Å². The van der Waals surface area contributed by atoms with Crippen LogP contribution in [-0.4, -0.2) is 18.0 Å². The van der Waals surface area contributed by atoms with Gasteiger partial charge in [0, 0.05) is 16.8 Å². The Morgan fingerprint density at radius 2 is 2.10 bits per heavy atom. The van der Waals surface area contributed by atoms with Gasteiger partial charge in [0.05, 0.1) is 6.04 Å². The second kappa shape index (κ2) is 6.99. The van der Waals surface area contributed by atoms with Crippen LogP contribution in [0.25, 0.3) is 0 Å². The van der Waals surface area contributed by atoms with Gasteiger partial charge in [-0.3, -0.25) is 4.79 Å². The molecule has 0 bridgehead atoms. The lowest BCUT2D eigenvalue weighted by atomic mass is 9.85. The zero-order chi connectivity index (χ0) is 14.1. The molecule has 3 unspecified atom stereocenters. The second-order valence-electron chi connectivity index (χ2n) is 6.05. The molecule has 21 heavy (non-hydrogen) atoms. The molecule has 116 valence electrons. The SMILES string of the molecule is Cc1cc(Cl)ccc1NC(=O)C1CC2CCCCC2N1.Cl. The molecule has 1 amide bonds. The summed E-state index contributed by atoms with van der Waals surface area (Å²) in [5.41, 5.74) is 1.86. The van der Waals surface area contributed by atoms with Crippen molar-refractivity contribution >= 4 is 35.6 Å². The van der Waals surface area contributed by atoms with Crippen molar-refractivity contribution in [3.8, 4) is 0 Å². The lowest BCUT2D eigenvalue weighted by Crippen LogP contribution is -2.40. The topological polar surface area (TPSA) is 41.1 Å². The molecule has 5 heteroatoms. The van der Waals surface area contributed by atoms with E-state index in [1.165, 1.54) is 25.7 Å². The highest BCUT2D eigenvalue weighted by atomic mass is 35.5. The maximum absolute atomic E-state index is 12.4. The molecule has 0 radical (unpaired) electrons. The van der Waals surface area contributed by atoms with Crippen LogP contribution in [0.3, 0.4) is 0 Å². The predicted octanol–water partition coefficient (Wildman–Crippen LogP) is 3.93. The van der Waals surface area contributed by atoms with Crippen molar-refractivity contribution in [2.45, 2.75) is 51.1 Å². The third kappa shape index (κ3) is 3.71. The monoisotopic (exact) mass is 328 g/mol. The molecule has 1 aromatic rings. The Bertz CT molecular complexity index is 507.